The first-order valence-electron chi connectivity index (χ1n) is 19.1. The molecule has 11 nitrogen and oxygen atoms in total. The average molecular weight is 845 g/mol. The highest BCUT2D eigenvalue weighted by Crippen LogP contribution is 2.55. The fourth-order valence-electron chi connectivity index (χ4n) is 7.66. The van der Waals surface area contributed by atoms with Crippen molar-refractivity contribution in [2.24, 2.45) is 0 Å². The number of hydrogen-bond acceptors (Lipinski definition) is 9. The Kier molecular flexibility index (Phi) is 9.84. The summed E-state index contributed by atoms with van der Waals surface area (Å²) in [4.78, 5) is 16.1. The molecule has 0 fully saturated rings. The molecule has 0 aliphatic carbocycles. The van der Waals surface area contributed by atoms with Gasteiger partial charge in [-0.25, -0.2) is 4.98 Å². The quantitative estimate of drug-likeness (QED) is 0.133. The Morgan fingerprint density at radius 3 is 1.31 bits per heavy atom. The van der Waals surface area contributed by atoms with Crippen LogP contribution in [0.1, 0.15) is 25.0 Å². The molecule has 0 saturated carbocycles. The zero-order valence-electron chi connectivity index (χ0n) is 32.7. The predicted octanol–water partition coefficient (Wildman–Crippen LogP) is 10.9. The third-order valence-corrected chi connectivity index (χ3v) is 12.5. The number of hydrogen-bond donors (Lipinski definition) is 2. The van der Waals surface area contributed by atoms with Crippen LogP contribution in [0.4, 0.5) is 17.1 Å². The summed E-state index contributed by atoms with van der Waals surface area (Å²) in [5.74, 6) is 1.37. The maximum absolute atomic E-state index is 11.8. The summed E-state index contributed by atoms with van der Waals surface area (Å²) in [7, 11) is -8.75. The van der Waals surface area contributed by atoms with Crippen LogP contribution in [-0.2, 0) is 25.7 Å². The van der Waals surface area contributed by atoms with Crippen molar-refractivity contribution in [1.29, 1.82) is 0 Å². The number of anilines is 3. The second-order valence-corrected chi connectivity index (χ2v) is 17.8. The molecule has 0 saturated heterocycles. The average Bonchev–Trinajstić information content (AvgIpc) is 3.27. The van der Waals surface area contributed by atoms with Gasteiger partial charge in [0.25, 0.3) is 20.2 Å². The molecule has 13 heteroatoms. The highest BCUT2D eigenvalue weighted by atomic mass is 32.2. The van der Waals surface area contributed by atoms with Gasteiger partial charge < -0.3 is 9.64 Å². The summed E-state index contributed by atoms with van der Waals surface area (Å²) in [6.07, 6.45) is 0. The van der Waals surface area contributed by atoms with Gasteiger partial charge >= 0.3 is 6.01 Å². The SMILES string of the molecule is CC1(C)c2cc(-c3ccc(S(=O)(=O)O)cc3)ccc2N(c2ccccc2Oc2nc(-c3ccccc3)nc(-c3ccccc3)n2)c2ccc(-c3ccc(S(=O)(=O)O)cc3)cc21. The van der Waals surface area contributed by atoms with E-state index in [0.717, 1.165) is 55.9 Å². The van der Waals surface area contributed by atoms with Crippen molar-refractivity contribution >= 4 is 37.3 Å². The molecule has 2 heterocycles. The highest BCUT2D eigenvalue weighted by Gasteiger charge is 2.38. The van der Waals surface area contributed by atoms with E-state index < -0.39 is 25.7 Å². The standard InChI is InChI=1S/C48H36N4O7S2/c1-48(2)39-29-35(31-17-23-37(24-18-31)60(53,54)55)21-27-41(39)52(42-28-22-36(30-40(42)48)32-19-25-38(26-20-32)61(56,57)58)43-15-9-10-16-44(43)59-47-50-45(33-11-5-3-6-12-33)49-46(51-47)34-13-7-4-8-14-34/h3-30H,1-2H3,(H,53,54,55)(H,56,57,58). The number of fused-ring (bicyclic) bond motifs is 2. The minimum absolute atomic E-state index is 0.102. The Hall–Kier alpha value is -7.03. The number of para-hydroxylation sites is 2. The molecule has 0 bridgehead atoms. The lowest BCUT2D eigenvalue weighted by molar-refractivity contribution is 0.442. The molecule has 2 N–H and O–H groups in total. The summed E-state index contributed by atoms with van der Waals surface area (Å²) in [6.45, 7) is 4.25. The molecule has 7 aromatic carbocycles. The number of benzene rings is 7. The van der Waals surface area contributed by atoms with E-state index in [0.29, 0.717) is 23.1 Å². The van der Waals surface area contributed by atoms with E-state index in [-0.39, 0.29) is 15.8 Å². The van der Waals surface area contributed by atoms with E-state index in [9.17, 15) is 25.9 Å². The Morgan fingerprint density at radius 1 is 0.459 bits per heavy atom. The monoisotopic (exact) mass is 844 g/mol. The van der Waals surface area contributed by atoms with Crippen molar-refractivity contribution in [2.45, 2.75) is 29.1 Å². The maximum atomic E-state index is 11.8. The first-order chi connectivity index (χ1) is 29.2. The normalized spacial score (nSPS) is 13.3. The van der Waals surface area contributed by atoms with Gasteiger partial charge in [0.2, 0.25) is 0 Å². The van der Waals surface area contributed by atoms with Crippen molar-refractivity contribution in [2.75, 3.05) is 4.90 Å². The molecule has 0 atom stereocenters. The lowest BCUT2D eigenvalue weighted by Crippen LogP contribution is -2.31. The number of aromatic nitrogens is 3. The number of nitrogens with zero attached hydrogens (tertiary/aromatic N) is 4. The third-order valence-electron chi connectivity index (χ3n) is 10.8. The largest absolute Gasteiger partial charge is 0.422 e. The van der Waals surface area contributed by atoms with Gasteiger partial charge in [0.15, 0.2) is 17.4 Å². The van der Waals surface area contributed by atoms with Crippen molar-refractivity contribution in [3.63, 3.8) is 0 Å². The maximum Gasteiger partial charge on any atom is 0.326 e. The second-order valence-electron chi connectivity index (χ2n) is 15.0. The minimum Gasteiger partial charge on any atom is -0.422 e. The van der Waals surface area contributed by atoms with Crippen LogP contribution in [0, 0.1) is 0 Å². The summed E-state index contributed by atoms with van der Waals surface area (Å²) in [5, 5.41) is 0. The Morgan fingerprint density at radius 2 is 0.869 bits per heavy atom. The van der Waals surface area contributed by atoms with Crippen LogP contribution in [0.15, 0.2) is 180 Å². The van der Waals surface area contributed by atoms with Crippen LogP contribution in [0.5, 0.6) is 11.8 Å². The third kappa shape index (κ3) is 7.67. The number of ether oxygens (including phenoxy) is 1. The highest BCUT2D eigenvalue weighted by molar-refractivity contribution is 7.86. The molecule has 61 heavy (non-hydrogen) atoms. The Bertz CT molecular complexity index is 3000. The zero-order chi connectivity index (χ0) is 42.5. The first-order valence-corrected chi connectivity index (χ1v) is 22.0. The van der Waals surface area contributed by atoms with Crippen molar-refractivity contribution < 1.29 is 30.7 Å². The molecule has 1 aliphatic rings. The lowest BCUT2D eigenvalue weighted by Gasteiger charge is -2.42. The van der Waals surface area contributed by atoms with Gasteiger partial charge in [-0.1, -0.05) is 123 Å². The molecule has 302 valence electrons. The molecular weight excluding hydrogens is 809 g/mol. The first kappa shape index (κ1) is 39.4. The van der Waals surface area contributed by atoms with E-state index in [2.05, 4.69) is 30.9 Å². The summed E-state index contributed by atoms with van der Waals surface area (Å²) in [6, 6.07) is 51.2. The topological polar surface area (TPSA) is 160 Å². The van der Waals surface area contributed by atoms with Crippen molar-refractivity contribution in [1.82, 2.24) is 15.0 Å². The summed E-state index contributed by atoms with van der Waals surface area (Å²) < 4.78 is 73.3. The molecule has 0 unspecified atom stereocenters. The smallest absolute Gasteiger partial charge is 0.326 e. The van der Waals surface area contributed by atoms with Gasteiger partial charge in [-0.15, -0.1) is 0 Å². The van der Waals surface area contributed by atoms with Gasteiger partial charge in [-0.3, -0.25) is 9.11 Å². The molecule has 9 rings (SSSR count). The zero-order valence-corrected chi connectivity index (χ0v) is 34.3. The fourth-order valence-corrected chi connectivity index (χ4v) is 8.62. The van der Waals surface area contributed by atoms with Crippen LogP contribution in [0.3, 0.4) is 0 Å². The van der Waals surface area contributed by atoms with Crippen LogP contribution in [0.25, 0.3) is 45.0 Å². The van der Waals surface area contributed by atoms with Gasteiger partial charge in [0, 0.05) is 16.5 Å². The van der Waals surface area contributed by atoms with Crippen LogP contribution in [0.2, 0.25) is 0 Å². The molecule has 8 aromatic rings. The predicted molar refractivity (Wildman–Crippen MR) is 235 cm³/mol. The molecule has 0 spiro atoms. The lowest BCUT2D eigenvalue weighted by atomic mass is 9.72. The number of rotatable bonds is 9. The Labute approximate surface area is 353 Å². The van der Waals surface area contributed by atoms with E-state index in [1.807, 2.05) is 109 Å². The molecular formula is C48H36N4O7S2. The molecule has 1 aromatic heterocycles. The van der Waals surface area contributed by atoms with E-state index >= 15 is 0 Å². The fraction of sp³-hybridized carbons (Fsp3) is 0.0625. The van der Waals surface area contributed by atoms with Gasteiger partial charge in [-0.05, 0) is 94.0 Å². The van der Waals surface area contributed by atoms with Crippen LogP contribution >= 0.6 is 0 Å². The summed E-state index contributed by atoms with van der Waals surface area (Å²) in [5.41, 5.74) is 8.44. The molecule has 0 radical (unpaired) electrons. The van der Waals surface area contributed by atoms with Gasteiger partial charge in [-0.2, -0.15) is 26.8 Å². The van der Waals surface area contributed by atoms with Gasteiger partial charge in [0.05, 0.1) is 26.9 Å². The van der Waals surface area contributed by atoms with Crippen LogP contribution < -0.4 is 9.64 Å². The van der Waals surface area contributed by atoms with E-state index in [1.165, 1.54) is 24.3 Å². The van der Waals surface area contributed by atoms with E-state index in [1.54, 1.807) is 24.3 Å². The van der Waals surface area contributed by atoms with Crippen LogP contribution in [-0.4, -0.2) is 40.9 Å². The molecule has 1 aliphatic heterocycles. The van der Waals surface area contributed by atoms with E-state index in [4.69, 9.17) is 19.7 Å². The Balaban J connectivity index is 1.20. The summed E-state index contributed by atoms with van der Waals surface area (Å²) >= 11 is 0. The second kappa shape index (κ2) is 15.2. The van der Waals surface area contributed by atoms with Crippen molar-refractivity contribution in [3.8, 4) is 56.8 Å². The molecule has 0 amide bonds. The van der Waals surface area contributed by atoms with Gasteiger partial charge in [0.1, 0.15) is 0 Å². The minimum atomic E-state index is -4.38. The van der Waals surface area contributed by atoms with Crippen molar-refractivity contribution in [3.05, 3.63) is 181 Å².